The summed E-state index contributed by atoms with van der Waals surface area (Å²) in [5, 5.41) is 12.7. The van der Waals surface area contributed by atoms with Crippen molar-refractivity contribution in [1.29, 1.82) is 0 Å². The minimum Gasteiger partial charge on any atom is -0.396 e. The minimum absolute atomic E-state index is 0.153. The van der Waals surface area contributed by atoms with Crippen molar-refractivity contribution in [3.8, 4) is 11.4 Å². The fourth-order valence-corrected chi connectivity index (χ4v) is 4.33. The Morgan fingerprint density at radius 1 is 1.24 bits per heavy atom. The van der Waals surface area contributed by atoms with E-state index in [9.17, 15) is 9.90 Å². The SMILES string of the molecule is O=C(NC1C[C@H]2CC(CO)C[C@@H]12)c1nc(-c2ccccc2)ncc1Cl. The lowest BCUT2D eigenvalue weighted by Gasteiger charge is -2.40. The largest absolute Gasteiger partial charge is 0.396 e. The van der Waals surface area contributed by atoms with Crippen LogP contribution in [0.25, 0.3) is 11.4 Å². The van der Waals surface area contributed by atoms with E-state index in [-0.39, 0.29) is 29.3 Å². The molecule has 6 heteroatoms. The predicted molar refractivity (Wildman–Crippen MR) is 95.1 cm³/mol. The van der Waals surface area contributed by atoms with E-state index in [1.165, 1.54) is 6.20 Å². The molecule has 1 amide bonds. The molecule has 2 aromatic rings. The molecule has 2 aliphatic carbocycles. The molecule has 4 rings (SSSR count). The Morgan fingerprint density at radius 3 is 2.80 bits per heavy atom. The topological polar surface area (TPSA) is 75.1 Å². The lowest BCUT2D eigenvalue weighted by atomic mass is 9.71. The van der Waals surface area contributed by atoms with Crippen molar-refractivity contribution in [3.63, 3.8) is 0 Å². The first-order valence-electron chi connectivity index (χ1n) is 8.65. The molecule has 1 heterocycles. The van der Waals surface area contributed by atoms with E-state index >= 15 is 0 Å². The van der Waals surface area contributed by atoms with E-state index in [1.807, 2.05) is 30.3 Å². The molecular weight excluding hydrogens is 338 g/mol. The molecule has 0 radical (unpaired) electrons. The molecule has 2 saturated carbocycles. The zero-order valence-corrected chi connectivity index (χ0v) is 14.5. The Bertz CT molecular complexity index is 783. The van der Waals surface area contributed by atoms with Crippen LogP contribution in [0.15, 0.2) is 36.5 Å². The molecule has 2 unspecified atom stereocenters. The second-order valence-electron chi connectivity index (χ2n) is 7.02. The maximum atomic E-state index is 12.7. The van der Waals surface area contributed by atoms with Crippen LogP contribution in [0.1, 0.15) is 29.8 Å². The van der Waals surface area contributed by atoms with Gasteiger partial charge in [-0.15, -0.1) is 0 Å². The maximum Gasteiger partial charge on any atom is 0.271 e. The molecule has 4 atom stereocenters. The van der Waals surface area contributed by atoms with Gasteiger partial charge in [-0.05, 0) is 37.0 Å². The number of halogens is 1. The Kier molecular flexibility index (Phi) is 4.44. The Hall–Kier alpha value is -1.98. The van der Waals surface area contributed by atoms with Gasteiger partial charge in [0.25, 0.3) is 5.91 Å². The molecule has 2 fully saturated rings. The van der Waals surface area contributed by atoms with Crippen molar-refractivity contribution < 1.29 is 9.90 Å². The number of hydrogen-bond acceptors (Lipinski definition) is 4. The summed E-state index contributed by atoms with van der Waals surface area (Å²) in [6.07, 6.45) is 4.51. The number of nitrogens with one attached hydrogen (secondary N) is 1. The van der Waals surface area contributed by atoms with Crippen molar-refractivity contribution in [2.45, 2.75) is 25.3 Å². The minimum atomic E-state index is -0.250. The third-order valence-corrected chi connectivity index (χ3v) is 5.76. The van der Waals surface area contributed by atoms with Crippen LogP contribution in [0.3, 0.4) is 0 Å². The third kappa shape index (κ3) is 3.14. The van der Waals surface area contributed by atoms with Gasteiger partial charge in [-0.25, -0.2) is 9.97 Å². The van der Waals surface area contributed by atoms with E-state index in [2.05, 4.69) is 15.3 Å². The van der Waals surface area contributed by atoms with E-state index < -0.39 is 0 Å². The second kappa shape index (κ2) is 6.73. The van der Waals surface area contributed by atoms with Crippen LogP contribution in [-0.2, 0) is 0 Å². The summed E-state index contributed by atoms with van der Waals surface area (Å²) >= 11 is 6.16. The van der Waals surface area contributed by atoms with Gasteiger partial charge >= 0.3 is 0 Å². The number of aliphatic hydroxyl groups is 1. The van der Waals surface area contributed by atoms with Gasteiger partial charge in [-0.2, -0.15) is 0 Å². The van der Waals surface area contributed by atoms with Crippen LogP contribution in [0.2, 0.25) is 5.02 Å². The summed E-state index contributed by atoms with van der Waals surface area (Å²) in [7, 11) is 0. The molecular formula is C19H20ClN3O2. The number of carbonyl (C=O) groups is 1. The molecule has 2 N–H and O–H groups in total. The Labute approximate surface area is 151 Å². The highest BCUT2D eigenvalue weighted by molar-refractivity contribution is 6.33. The first kappa shape index (κ1) is 16.5. The number of benzene rings is 1. The van der Waals surface area contributed by atoms with Gasteiger partial charge in [0, 0.05) is 18.2 Å². The molecule has 5 nitrogen and oxygen atoms in total. The molecule has 0 saturated heterocycles. The standard InChI is InChI=1S/C19H20ClN3O2/c20-15-9-21-18(12-4-2-1-3-5-12)23-17(15)19(25)22-16-8-13-6-11(10-24)7-14(13)16/h1-5,9,11,13-14,16,24H,6-8,10H2,(H,22,25)/t11?,13-,14-,16?/m1/s1. The van der Waals surface area contributed by atoms with Gasteiger partial charge in [0.1, 0.15) is 0 Å². The monoisotopic (exact) mass is 357 g/mol. The highest BCUT2D eigenvalue weighted by Crippen LogP contribution is 2.49. The van der Waals surface area contributed by atoms with Crippen LogP contribution in [0, 0.1) is 17.8 Å². The fourth-order valence-electron chi connectivity index (χ4n) is 4.15. The average molecular weight is 358 g/mol. The first-order valence-corrected chi connectivity index (χ1v) is 9.03. The van der Waals surface area contributed by atoms with Crippen LogP contribution < -0.4 is 5.32 Å². The molecule has 1 aromatic heterocycles. The molecule has 0 bridgehead atoms. The smallest absolute Gasteiger partial charge is 0.271 e. The summed E-state index contributed by atoms with van der Waals surface area (Å²) in [5.41, 5.74) is 1.06. The lowest BCUT2D eigenvalue weighted by molar-refractivity contribution is 0.0801. The summed E-state index contributed by atoms with van der Waals surface area (Å²) in [6.45, 7) is 0.242. The number of carbonyl (C=O) groups excluding carboxylic acids is 1. The average Bonchev–Trinajstić information content (AvgIpc) is 2.97. The summed E-state index contributed by atoms with van der Waals surface area (Å²) in [5.74, 6) is 1.71. The van der Waals surface area contributed by atoms with E-state index in [1.54, 1.807) is 0 Å². The highest BCUT2D eigenvalue weighted by Gasteiger charge is 2.48. The van der Waals surface area contributed by atoms with Crippen molar-refractivity contribution in [1.82, 2.24) is 15.3 Å². The summed E-state index contributed by atoms with van der Waals surface area (Å²) < 4.78 is 0. The zero-order chi connectivity index (χ0) is 17.4. The molecule has 25 heavy (non-hydrogen) atoms. The number of fused-ring (bicyclic) bond motifs is 1. The lowest BCUT2D eigenvalue weighted by Crippen LogP contribution is -2.50. The van der Waals surface area contributed by atoms with Gasteiger partial charge < -0.3 is 10.4 Å². The van der Waals surface area contributed by atoms with Gasteiger partial charge in [0.05, 0.1) is 11.2 Å². The second-order valence-corrected chi connectivity index (χ2v) is 7.42. The molecule has 0 spiro atoms. The van der Waals surface area contributed by atoms with Crippen LogP contribution in [0.4, 0.5) is 0 Å². The number of rotatable bonds is 4. The van der Waals surface area contributed by atoms with Gasteiger partial charge in [0.15, 0.2) is 11.5 Å². The molecule has 1 aromatic carbocycles. The molecule has 130 valence electrons. The maximum absolute atomic E-state index is 12.7. The number of nitrogens with zero attached hydrogens (tertiary/aromatic N) is 2. The quantitative estimate of drug-likeness (QED) is 0.882. The van der Waals surface area contributed by atoms with Gasteiger partial charge in [0.2, 0.25) is 0 Å². The van der Waals surface area contributed by atoms with Crippen molar-refractivity contribution >= 4 is 17.5 Å². The van der Waals surface area contributed by atoms with E-state index in [4.69, 9.17) is 11.6 Å². The zero-order valence-electron chi connectivity index (χ0n) is 13.7. The number of hydrogen-bond donors (Lipinski definition) is 2. The highest BCUT2D eigenvalue weighted by atomic mass is 35.5. The summed E-state index contributed by atoms with van der Waals surface area (Å²) in [4.78, 5) is 21.3. The van der Waals surface area contributed by atoms with Crippen LogP contribution in [0.5, 0.6) is 0 Å². The van der Waals surface area contributed by atoms with Crippen molar-refractivity contribution in [2.24, 2.45) is 17.8 Å². The first-order chi connectivity index (χ1) is 12.2. The predicted octanol–water partition coefficient (Wildman–Crippen LogP) is 2.93. The normalized spacial score (nSPS) is 27.4. The third-order valence-electron chi connectivity index (χ3n) is 5.49. The molecule has 2 aliphatic rings. The van der Waals surface area contributed by atoms with E-state index in [0.29, 0.717) is 23.6 Å². The van der Waals surface area contributed by atoms with Crippen molar-refractivity contribution in [2.75, 3.05) is 6.61 Å². The van der Waals surface area contributed by atoms with E-state index in [0.717, 1.165) is 24.8 Å². The number of aliphatic hydroxyl groups excluding tert-OH is 1. The fraction of sp³-hybridized carbons (Fsp3) is 0.421. The number of aromatic nitrogens is 2. The van der Waals surface area contributed by atoms with Gasteiger partial charge in [-0.1, -0.05) is 41.9 Å². The van der Waals surface area contributed by atoms with Crippen LogP contribution in [-0.4, -0.2) is 33.6 Å². The molecule has 0 aliphatic heterocycles. The van der Waals surface area contributed by atoms with Gasteiger partial charge in [-0.3, -0.25) is 4.79 Å². The summed E-state index contributed by atoms with van der Waals surface area (Å²) in [6, 6.07) is 9.67. The Balaban J connectivity index is 1.49. The number of amides is 1. The van der Waals surface area contributed by atoms with Crippen molar-refractivity contribution in [3.05, 3.63) is 47.2 Å². The Morgan fingerprint density at radius 2 is 2.04 bits per heavy atom. The van der Waals surface area contributed by atoms with Crippen LogP contribution >= 0.6 is 11.6 Å².